The van der Waals surface area contributed by atoms with Crippen molar-refractivity contribution in [2.75, 3.05) is 19.4 Å². The number of nitrogens with two attached hydrogens (primary N) is 1. The number of nitrogens with zero attached hydrogens (tertiary/aromatic N) is 1. The van der Waals surface area contributed by atoms with Crippen LogP contribution in [0.3, 0.4) is 0 Å². The lowest BCUT2D eigenvalue weighted by atomic mass is 9.94. The summed E-state index contributed by atoms with van der Waals surface area (Å²) in [7, 11) is 1.66. The number of halogens is 3. The van der Waals surface area contributed by atoms with Crippen LogP contribution in [0.25, 0.3) is 23.3 Å². The normalized spacial score (nSPS) is 13.8. The molecule has 3 aromatic rings. The van der Waals surface area contributed by atoms with Gasteiger partial charge in [-0.3, -0.25) is 15.1 Å². The van der Waals surface area contributed by atoms with Gasteiger partial charge in [0.15, 0.2) is 0 Å². The van der Waals surface area contributed by atoms with Crippen molar-refractivity contribution in [3.8, 4) is 11.1 Å². The summed E-state index contributed by atoms with van der Waals surface area (Å²) in [5, 5.41) is 21.4. The number of rotatable bonds is 9. The minimum Gasteiger partial charge on any atom is -0.480 e. The van der Waals surface area contributed by atoms with Gasteiger partial charge in [0, 0.05) is 31.1 Å². The van der Waals surface area contributed by atoms with Gasteiger partial charge < -0.3 is 15.9 Å². The van der Waals surface area contributed by atoms with Crippen LogP contribution in [0, 0.1) is 6.92 Å². The Labute approximate surface area is 219 Å². The maximum absolute atomic E-state index is 13.8. The van der Waals surface area contributed by atoms with E-state index in [4.69, 9.17) is 5.73 Å². The fourth-order valence-corrected chi connectivity index (χ4v) is 3.94. The molecule has 1 atom stereocenters. The number of anilines is 1. The second kappa shape index (κ2) is 11.6. The number of hydrogen-bond donors (Lipinski definition) is 4. The van der Waals surface area contributed by atoms with Crippen LogP contribution in [0.2, 0.25) is 0 Å². The standard InChI is InChI=1S/C29H30F3N3O3/c1-18-20(5-4-6-24(18)21-9-11-23(16-34-3)26(33)14-21)8-10-22-13-19(7-12-25(22)29(30,31)32)15-35-28(2,17-36)27(37)38/h4-14,16,35-36H,15,17,33H2,1-3H3,(H,37,38)/b10-8+,34-16?. The summed E-state index contributed by atoms with van der Waals surface area (Å²) < 4.78 is 41.3. The summed E-state index contributed by atoms with van der Waals surface area (Å²) >= 11 is 0. The third kappa shape index (κ3) is 6.48. The second-order valence-electron chi connectivity index (χ2n) is 9.15. The number of carbonyl (C=O) groups is 1. The minimum atomic E-state index is -4.58. The van der Waals surface area contributed by atoms with Crippen molar-refractivity contribution in [2.24, 2.45) is 4.99 Å². The van der Waals surface area contributed by atoms with Gasteiger partial charge >= 0.3 is 12.1 Å². The monoisotopic (exact) mass is 525 g/mol. The molecule has 0 aromatic heterocycles. The highest BCUT2D eigenvalue weighted by atomic mass is 19.4. The molecule has 5 N–H and O–H groups in total. The average molecular weight is 526 g/mol. The summed E-state index contributed by atoms with van der Waals surface area (Å²) in [5.74, 6) is -1.27. The predicted octanol–water partition coefficient (Wildman–Crippen LogP) is 5.41. The SMILES string of the molecule is CN=Cc1ccc(-c2cccc(/C=C/c3cc(CNC(C)(CO)C(=O)O)ccc3C(F)(F)F)c2C)cc1N. The fraction of sp³-hybridized carbons (Fsp3) is 0.241. The first kappa shape index (κ1) is 28.6. The van der Waals surface area contributed by atoms with Crippen molar-refractivity contribution in [1.82, 2.24) is 5.32 Å². The van der Waals surface area contributed by atoms with Gasteiger partial charge in [0.25, 0.3) is 0 Å². The first-order chi connectivity index (χ1) is 17.9. The van der Waals surface area contributed by atoms with Gasteiger partial charge in [0.2, 0.25) is 0 Å². The number of aliphatic hydroxyl groups is 1. The molecule has 0 aliphatic rings. The van der Waals surface area contributed by atoms with Crippen molar-refractivity contribution >= 4 is 30.0 Å². The molecule has 38 heavy (non-hydrogen) atoms. The largest absolute Gasteiger partial charge is 0.480 e. The number of alkyl halides is 3. The Bertz CT molecular complexity index is 1380. The van der Waals surface area contributed by atoms with Crippen LogP contribution in [0.15, 0.2) is 59.6 Å². The van der Waals surface area contributed by atoms with Crippen molar-refractivity contribution in [2.45, 2.75) is 32.1 Å². The molecule has 0 saturated carbocycles. The number of benzene rings is 3. The van der Waals surface area contributed by atoms with Gasteiger partial charge in [0.05, 0.1) is 12.2 Å². The Morgan fingerprint density at radius 3 is 2.37 bits per heavy atom. The minimum absolute atomic E-state index is 0.0446. The smallest absolute Gasteiger partial charge is 0.416 e. The van der Waals surface area contributed by atoms with Gasteiger partial charge in [0.1, 0.15) is 5.54 Å². The molecule has 0 saturated heterocycles. The molecule has 0 aliphatic carbocycles. The molecule has 3 rings (SSSR count). The van der Waals surface area contributed by atoms with Gasteiger partial charge in [-0.2, -0.15) is 13.2 Å². The molecule has 0 radical (unpaired) electrons. The zero-order chi connectivity index (χ0) is 28.1. The molecule has 6 nitrogen and oxygen atoms in total. The van der Waals surface area contributed by atoms with Gasteiger partial charge in [-0.05, 0) is 65.4 Å². The molecule has 0 bridgehead atoms. The summed E-state index contributed by atoms with van der Waals surface area (Å²) in [6, 6.07) is 14.8. The molecule has 0 aliphatic heterocycles. The maximum atomic E-state index is 13.8. The number of carboxylic acid groups (broad SMARTS) is 1. The molecular weight excluding hydrogens is 495 g/mol. The highest BCUT2D eigenvalue weighted by molar-refractivity contribution is 5.89. The van der Waals surface area contributed by atoms with Crippen LogP contribution in [-0.4, -0.2) is 41.6 Å². The second-order valence-corrected chi connectivity index (χ2v) is 9.15. The third-order valence-electron chi connectivity index (χ3n) is 6.38. The van der Waals surface area contributed by atoms with Crippen molar-refractivity contribution in [3.63, 3.8) is 0 Å². The zero-order valence-corrected chi connectivity index (χ0v) is 21.3. The van der Waals surface area contributed by atoms with Crippen LogP contribution in [0.4, 0.5) is 18.9 Å². The number of aliphatic hydroxyl groups excluding tert-OH is 1. The lowest BCUT2D eigenvalue weighted by Gasteiger charge is -2.24. The van der Waals surface area contributed by atoms with Crippen molar-refractivity contribution in [1.29, 1.82) is 0 Å². The summed E-state index contributed by atoms with van der Waals surface area (Å²) in [6.07, 6.45) is 0.108. The molecule has 0 fully saturated rings. The van der Waals surface area contributed by atoms with Crippen LogP contribution in [0.5, 0.6) is 0 Å². The lowest BCUT2D eigenvalue weighted by molar-refractivity contribution is -0.146. The number of aliphatic carboxylic acids is 1. The van der Waals surface area contributed by atoms with E-state index >= 15 is 0 Å². The van der Waals surface area contributed by atoms with Gasteiger partial charge in [-0.15, -0.1) is 0 Å². The number of nitrogen functional groups attached to an aromatic ring is 1. The zero-order valence-electron chi connectivity index (χ0n) is 21.3. The molecule has 0 spiro atoms. The summed E-state index contributed by atoms with van der Waals surface area (Å²) in [6.45, 7) is 2.47. The van der Waals surface area contributed by atoms with E-state index in [-0.39, 0.29) is 12.1 Å². The van der Waals surface area contributed by atoms with E-state index in [1.54, 1.807) is 19.3 Å². The Balaban J connectivity index is 1.97. The van der Waals surface area contributed by atoms with E-state index in [1.165, 1.54) is 25.1 Å². The van der Waals surface area contributed by atoms with E-state index in [1.807, 2.05) is 43.3 Å². The van der Waals surface area contributed by atoms with Crippen molar-refractivity contribution < 1.29 is 28.2 Å². The highest BCUT2D eigenvalue weighted by Crippen LogP contribution is 2.34. The molecule has 3 aromatic carbocycles. The van der Waals surface area contributed by atoms with Crippen LogP contribution >= 0.6 is 0 Å². The predicted molar refractivity (Wildman–Crippen MR) is 145 cm³/mol. The lowest BCUT2D eigenvalue weighted by Crippen LogP contribution is -2.52. The fourth-order valence-electron chi connectivity index (χ4n) is 3.94. The van der Waals surface area contributed by atoms with E-state index in [0.717, 1.165) is 33.9 Å². The molecule has 9 heteroatoms. The van der Waals surface area contributed by atoms with Crippen molar-refractivity contribution in [3.05, 3.63) is 88.0 Å². The Morgan fingerprint density at radius 2 is 1.76 bits per heavy atom. The molecule has 0 amide bonds. The number of carboxylic acids is 1. The topological polar surface area (TPSA) is 108 Å². The third-order valence-corrected chi connectivity index (χ3v) is 6.38. The number of hydrogen-bond acceptors (Lipinski definition) is 5. The molecule has 200 valence electrons. The average Bonchev–Trinajstić information content (AvgIpc) is 2.87. The van der Waals surface area contributed by atoms with Gasteiger partial charge in [-0.25, -0.2) is 0 Å². The maximum Gasteiger partial charge on any atom is 0.416 e. The van der Waals surface area contributed by atoms with E-state index in [0.29, 0.717) is 11.3 Å². The first-order valence-electron chi connectivity index (χ1n) is 11.8. The number of nitrogens with one attached hydrogen (secondary N) is 1. The van der Waals surface area contributed by atoms with Gasteiger partial charge in [-0.1, -0.05) is 48.6 Å². The first-order valence-corrected chi connectivity index (χ1v) is 11.8. The van der Waals surface area contributed by atoms with E-state index in [2.05, 4.69) is 10.3 Å². The molecule has 0 heterocycles. The van der Waals surface area contributed by atoms with Crippen LogP contribution < -0.4 is 11.1 Å². The Kier molecular flexibility index (Phi) is 8.75. The molecular formula is C29H30F3N3O3. The van der Waals surface area contributed by atoms with Crippen LogP contribution in [-0.2, 0) is 17.5 Å². The Hall–Kier alpha value is -3.95. The molecule has 1 unspecified atom stereocenters. The summed E-state index contributed by atoms with van der Waals surface area (Å²) in [4.78, 5) is 15.4. The highest BCUT2D eigenvalue weighted by Gasteiger charge is 2.34. The van der Waals surface area contributed by atoms with E-state index < -0.39 is 29.9 Å². The van der Waals surface area contributed by atoms with Crippen LogP contribution in [0.1, 0.15) is 40.3 Å². The quantitative estimate of drug-likeness (QED) is 0.170. The number of aliphatic imine (C=N–C) groups is 1. The Morgan fingerprint density at radius 1 is 1.05 bits per heavy atom. The summed E-state index contributed by atoms with van der Waals surface area (Å²) in [5.41, 5.74) is 8.82. The van der Waals surface area contributed by atoms with E-state index in [9.17, 15) is 28.2 Å².